The molecule has 3 heteroatoms. The molecule has 2 unspecified atom stereocenters. The average Bonchev–Trinajstić information content (AvgIpc) is 3.04. The molecule has 110 valence electrons. The zero-order valence-corrected chi connectivity index (χ0v) is 13.3. The van der Waals surface area contributed by atoms with Gasteiger partial charge in [-0.05, 0) is 69.3 Å². The lowest BCUT2D eigenvalue weighted by Crippen LogP contribution is -2.42. The topological polar surface area (TPSA) is 15.3 Å². The number of hydrogen-bond donors (Lipinski definition) is 1. The molecule has 1 aliphatic heterocycles. The van der Waals surface area contributed by atoms with E-state index in [0.717, 1.165) is 5.02 Å². The molecule has 1 aromatic carbocycles. The number of rotatable bonds is 4. The van der Waals surface area contributed by atoms with Crippen LogP contribution in [0.25, 0.3) is 0 Å². The molecule has 0 saturated carbocycles. The Hall–Kier alpha value is -0.570. The Balaban J connectivity index is 1.79. The third kappa shape index (κ3) is 2.88. The minimum absolute atomic E-state index is 0.574. The number of aryl methyl sites for hydroxylation is 1. The third-order valence-electron chi connectivity index (χ3n) is 4.81. The normalized spacial score (nSPS) is 25.6. The Kier molecular flexibility index (Phi) is 4.34. The second kappa shape index (κ2) is 6.05. The summed E-state index contributed by atoms with van der Waals surface area (Å²) >= 11 is 6.13. The molecule has 0 bridgehead atoms. The molecular weight excluding hydrogens is 268 g/mol. The Labute approximate surface area is 127 Å². The summed E-state index contributed by atoms with van der Waals surface area (Å²) in [6.45, 7) is 7.00. The Morgan fingerprint density at radius 2 is 2.20 bits per heavy atom. The molecule has 1 saturated heterocycles. The van der Waals surface area contributed by atoms with E-state index in [1.165, 1.54) is 49.9 Å². The first-order chi connectivity index (χ1) is 9.65. The van der Waals surface area contributed by atoms with E-state index in [0.29, 0.717) is 18.1 Å². The maximum atomic E-state index is 6.13. The van der Waals surface area contributed by atoms with Crippen LogP contribution in [0.3, 0.4) is 0 Å². The van der Waals surface area contributed by atoms with Crippen LogP contribution in [-0.4, -0.2) is 30.1 Å². The largest absolute Gasteiger partial charge is 0.313 e. The van der Waals surface area contributed by atoms with Gasteiger partial charge in [0, 0.05) is 29.7 Å². The SMILES string of the molecule is CC(C)N(CC1CCCN1)C1CCc2cc(Cl)ccc21. The van der Waals surface area contributed by atoms with Crippen LogP contribution in [0.2, 0.25) is 5.02 Å². The van der Waals surface area contributed by atoms with Crippen molar-refractivity contribution in [2.75, 3.05) is 13.1 Å². The lowest BCUT2D eigenvalue weighted by atomic mass is 10.0. The van der Waals surface area contributed by atoms with Crippen LogP contribution < -0.4 is 5.32 Å². The second-order valence-electron chi connectivity index (χ2n) is 6.48. The van der Waals surface area contributed by atoms with Crippen molar-refractivity contribution in [3.05, 3.63) is 34.3 Å². The highest BCUT2D eigenvalue weighted by Gasteiger charge is 2.31. The summed E-state index contributed by atoms with van der Waals surface area (Å²) in [5.74, 6) is 0. The molecule has 1 aromatic rings. The lowest BCUT2D eigenvalue weighted by molar-refractivity contribution is 0.139. The summed E-state index contributed by atoms with van der Waals surface area (Å²) < 4.78 is 0. The molecule has 0 radical (unpaired) electrons. The molecule has 2 atom stereocenters. The van der Waals surface area contributed by atoms with Crippen molar-refractivity contribution in [1.82, 2.24) is 10.2 Å². The van der Waals surface area contributed by atoms with Crippen molar-refractivity contribution in [2.45, 2.75) is 57.7 Å². The number of nitrogens with one attached hydrogen (secondary N) is 1. The highest BCUT2D eigenvalue weighted by molar-refractivity contribution is 6.30. The summed E-state index contributed by atoms with van der Waals surface area (Å²) in [4.78, 5) is 2.68. The van der Waals surface area contributed by atoms with Crippen LogP contribution in [0.1, 0.15) is 50.3 Å². The van der Waals surface area contributed by atoms with Crippen molar-refractivity contribution in [3.8, 4) is 0 Å². The molecule has 1 aliphatic carbocycles. The summed E-state index contributed by atoms with van der Waals surface area (Å²) in [6, 6.07) is 8.28. The fourth-order valence-electron chi connectivity index (χ4n) is 3.77. The van der Waals surface area contributed by atoms with Crippen LogP contribution in [0, 0.1) is 0 Å². The minimum atomic E-state index is 0.574. The first-order valence-corrected chi connectivity index (χ1v) is 8.30. The van der Waals surface area contributed by atoms with Gasteiger partial charge in [0.2, 0.25) is 0 Å². The van der Waals surface area contributed by atoms with E-state index in [2.05, 4.69) is 36.2 Å². The molecule has 0 spiro atoms. The number of hydrogen-bond acceptors (Lipinski definition) is 2. The number of benzene rings is 1. The maximum Gasteiger partial charge on any atom is 0.0408 e. The van der Waals surface area contributed by atoms with Crippen LogP contribution in [0.15, 0.2) is 18.2 Å². The molecule has 2 aliphatic rings. The van der Waals surface area contributed by atoms with Crippen molar-refractivity contribution in [3.63, 3.8) is 0 Å². The van der Waals surface area contributed by atoms with Gasteiger partial charge in [-0.15, -0.1) is 0 Å². The van der Waals surface area contributed by atoms with Gasteiger partial charge in [-0.3, -0.25) is 4.90 Å². The number of fused-ring (bicyclic) bond motifs is 1. The molecular formula is C17H25ClN2. The van der Waals surface area contributed by atoms with E-state index in [-0.39, 0.29) is 0 Å². The summed E-state index contributed by atoms with van der Waals surface area (Å²) in [5.41, 5.74) is 2.95. The summed E-state index contributed by atoms with van der Waals surface area (Å²) in [6.07, 6.45) is 5.05. The van der Waals surface area contributed by atoms with Crippen LogP contribution in [0.5, 0.6) is 0 Å². The first-order valence-electron chi connectivity index (χ1n) is 7.92. The summed E-state index contributed by atoms with van der Waals surface area (Å²) in [7, 11) is 0. The van der Waals surface area contributed by atoms with E-state index < -0.39 is 0 Å². The van der Waals surface area contributed by atoms with E-state index in [9.17, 15) is 0 Å². The standard InChI is InChI=1S/C17H25ClN2/c1-12(2)20(11-15-4-3-9-19-15)17-8-5-13-10-14(18)6-7-16(13)17/h6-7,10,12,15,17,19H,3-5,8-9,11H2,1-2H3. The highest BCUT2D eigenvalue weighted by Crippen LogP contribution is 2.38. The van der Waals surface area contributed by atoms with E-state index >= 15 is 0 Å². The predicted octanol–water partition coefficient (Wildman–Crippen LogP) is 3.79. The van der Waals surface area contributed by atoms with Gasteiger partial charge in [0.05, 0.1) is 0 Å². The van der Waals surface area contributed by atoms with Gasteiger partial charge in [-0.1, -0.05) is 17.7 Å². The quantitative estimate of drug-likeness (QED) is 0.908. The molecule has 3 rings (SSSR count). The summed E-state index contributed by atoms with van der Waals surface area (Å²) in [5, 5.41) is 4.51. The monoisotopic (exact) mass is 292 g/mol. The van der Waals surface area contributed by atoms with Gasteiger partial charge in [-0.25, -0.2) is 0 Å². The predicted molar refractivity (Wildman–Crippen MR) is 85.4 cm³/mol. The van der Waals surface area contributed by atoms with Crippen LogP contribution >= 0.6 is 11.6 Å². The Morgan fingerprint density at radius 1 is 1.35 bits per heavy atom. The molecule has 20 heavy (non-hydrogen) atoms. The number of nitrogens with zero attached hydrogens (tertiary/aromatic N) is 1. The van der Waals surface area contributed by atoms with E-state index in [1.807, 2.05) is 6.07 Å². The Bertz CT molecular complexity index is 466. The van der Waals surface area contributed by atoms with Crippen molar-refractivity contribution in [1.29, 1.82) is 0 Å². The molecule has 0 aromatic heterocycles. The second-order valence-corrected chi connectivity index (χ2v) is 6.92. The first kappa shape index (κ1) is 14.4. The zero-order valence-electron chi connectivity index (χ0n) is 12.5. The fraction of sp³-hybridized carbons (Fsp3) is 0.647. The molecule has 1 N–H and O–H groups in total. The third-order valence-corrected chi connectivity index (χ3v) is 5.04. The van der Waals surface area contributed by atoms with Gasteiger partial charge in [0.15, 0.2) is 0 Å². The Morgan fingerprint density at radius 3 is 2.90 bits per heavy atom. The maximum absolute atomic E-state index is 6.13. The van der Waals surface area contributed by atoms with Crippen molar-refractivity contribution in [2.24, 2.45) is 0 Å². The minimum Gasteiger partial charge on any atom is -0.313 e. The van der Waals surface area contributed by atoms with Gasteiger partial charge in [0.1, 0.15) is 0 Å². The smallest absolute Gasteiger partial charge is 0.0408 e. The fourth-order valence-corrected chi connectivity index (χ4v) is 3.97. The van der Waals surface area contributed by atoms with Crippen molar-refractivity contribution >= 4 is 11.6 Å². The average molecular weight is 293 g/mol. The van der Waals surface area contributed by atoms with Gasteiger partial charge < -0.3 is 5.32 Å². The lowest BCUT2D eigenvalue weighted by Gasteiger charge is -2.35. The van der Waals surface area contributed by atoms with Crippen LogP contribution in [0.4, 0.5) is 0 Å². The molecule has 1 fully saturated rings. The molecule has 2 nitrogen and oxygen atoms in total. The molecule has 0 amide bonds. The van der Waals surface area contributed by atoms with E-state index in [1.54, 1.807) is 0 Å². The van der Waals surface area contributed by atoms with E-state index in [4.69, 9.17) is 11.6 Å². The highest BCUT2D eigenvalue weighted by atomic mass is 35.5. The zero-order chi connectivity index (χ0) is 14.1. The number of halogens is 1. The van der Waals surface area contributed by atoms with Gasteiger partial charge >= 0.3 is 0 Å². The van der Waals surface area contributed by atoms with Crippen molar-refractivity contribution < 1.29 is 0 Å². The molecule has 1 heterocycles. The van der Waals surface area contributed by atoms with Gasteiger partial charge in [-0.2, -0.15) is 0 Å². The van der Waals surface area contributed by atoms with Crippen LogP contribution in [-0.2, 0) is 6.42 Å². The van der Waals surface area contributed by atoms with Gasteiger partial charge in [0.25, 0.3) is 0 Å².